The number of nitrogens with two attached hydrogens (primary N) is 1. The van der Waals surface area contributed by atoms with Gasteiger partial charge in [0.2, 0.25) is 5.91 Å². The van der Waals surface area contributed by atoms with Crippen LogP contribution in [0.25, 0.3) is 0 Å². The molecule has 0 saturated carbocycles. The Hall–Kier alpha value is -2.04. The van der Waals surface area contributed by atoms with E-state index in [9.17, 15) is 9.59 Å². The number of hydrogen-bond donors (Lipinski definition) is 1. The van der Waals surface area contributed by atoms with Gasteiger partial charge in [-0.25, -0.2) is 0 Å². The minimum Gasteiger partial charge on any atom is -0.483 e. The van der Waals surface area contributed by atoms with Crippen LogP contribution in [0.5, 0.6) is 5.75 Å². The van der Waals surface area contributed by atoms with Gasteiger partial charge >= 0.3 is 0 Å². The third-order valence-electron chi connectivity index (χ3n) is 4.04. The maximum absolute atomic E-state index is 12.2. The molecular weight excluding hydrogens is 268 g/mol. The molecule has 0 aliphatic carbocycles. The molecule has 1 aromatic carbocycles. The second kappa shape index (κ2) is 6.61. The molecular formula is C16H22N2O3. The molecule has 0 bridgehead atoms. The van der Waals surface area contributed by atoms with Gasteiger partial charge in [-0.05, 0) is 24.0 Å². The van der Waals surface area contributed by atoms with Gasteiger partial charge in [-0.2, -0.15) is 0 Å². The number of ether oxygens (including phenoxy) is 1. The van der Waals surface area contributed by atoms with E-state index >= 15 is 0 Å². The Bertz CT molecular complexity index is 530. The lowest BCUT2D eigenvalue weighted by atomic mass is 9.98. The van der Waals surface area contributed by atoms with Crippen LogP contribution < -0.4 is 10.5 Å². The third kappa shape index (κ3) is 3.54. The summed E-state index contributed by atoms with van der Waals surface area (Å²) in [5.41, 5.74) is 6.42. The Kier molecular flexibility index (Phi) is 4.83. The molecule has 0 aromatic heterocycles. The Morgan fingerprint density at radius 2 is 2.05 bits per heavy atom. The first-order valence-electron chi connectivity index (χ1n) is 7.30. The number of carbonyl (C=O) groups is 2. The van der Waals surface area contributed by atoms with E-state index in [1.54, 1.807) is 4.90 Å². The van der Waals surface area contributed by atoms with Crippen molar-refractivity contribution in [3.63, 3.8) is 0 Å². The maximum Gasteiger partial charge on any atom is 0.260 e. The zero-order valence-electron chi connectivity index (χ0n) is 12.5. The van der Waals surface area contributed by atoms with Crippen LogP contribution in [0.3, 0.4) is 0 Å². The van der Waals surface area contributed by atoms with Crippen LogP contribution in [-0.2, 0) is 16.0 Å². The maximum atomic E-state index is 12.2. The van der Waals surface area contributed by atoms with Crippen LogP contribution in [0.2, 0.25) is 0 Å². The predicted molar refractivity (Wildman–Crippen MR) is 79.7 cm³/mol. The van der Waals surface area contributed by atoms with E-state index in [4.69, 9.17) is 10.5 Å². The number of carbonyl (C=O) groups excluding carboxylic acids is 2. The molecule has 1 heterocycles. The average Bonchev–Trinajstić information content (AvgIpc) is 2.87. The minimum atomic E-state index is -0.338. The van der Waals surface area contributed by atoms with Gasteiger partial charge in [-0.1, -0.05) is 32.0 Å². The first kappa shape index (κ1) is 15.4. The summed E-state index contributed by atoms with van der Waals surface area (Å²) in [6, 6.07) is 7.69. The fourth-order valence-corrected chi connectivity index (χ4v) is 2.71. The van der Waals surface area contributed by atoms with E-state index < -0.39 is 0 Å². The molecule has 0 unspecified atom stereocenters. The van der Waals surface area contributed by atoms with Gasteiger partial charge in [0.15, 0.2) is 6.61 Å². The second-order valence-corrected chi connectivity index (χ2v) is 5.53. The smallest absolute Gasteiger partial charge is 0.260 e. The standard InChI is InChI=1S/C16H22N2O3/c1-3-12-6-4-5-7-14(12)21-10-15(19)18-8-11(2)13(9-18)16(17)20/h4-7,11,13H,3,8-10H2,1-2H3,(H2,17,20)/t11-,13-/m1/s1. The lowest BCUT2D eigenvalue weighted by molar-refractivity contribution is -0.132. The van der Waals surface area contributed by atoms with Crippen molar-refractivity contribution in [3.05, 3.63) is 29.8 Å². The van der Waals surface area contributed by atoms with Crippen molar-refractivity contribution in [2.24, 2.45) is 17.6 Å². The highest BCUT2D eigenvalue weighted by Gasteiger charge is 2.35. The summed E-state index contributed by atoms with van der Waals surface area (Å²) >= 11 is 0. The van der Waals surface area contributed by atoms with Crippen molar-refractivity contribution in [1.29, 1.82) is 0 Å². The molecule has 0 spiro atoms. The Morgan fingerprint density at radius 3 is 2.67 bits per heavy atom. The highest BCUT2D eigenvalue weighted by Crippen LogP contribution is 2.23. The van der Waals surface area contributed by atoms with E-state index in [2.05, 4.69) is 0 Å². The summed E-state index contributed by atoms with van der Waals surface area (Å²) < 4.78 is 5.63. The number of amides is 2. The molecule has 2 rings (SSSR count). The van der Waals surface area contributed by atoms with Crippen molar-refractivity contribution < 1.29 is 14.3 Å². The molecule has 5 nitrogen and oxygen atoms in total. The zero-order valence-corrected chi connectivity index (χ0v) is 12.5. The Labute approximate surface area is 125 Å². The number of aryl methyl sites for hydroxylation is 1. The van der Waals surface area contributed by atoms with Crippen LogP contribution in [0.4, 0.5) is 0 Å². The lowest BCUT2D eigenvalue weighted by Gasteiger charge is -2.17. The van der Waals surface area contributed by atoms with Crippen LogP contribution in [0.1, 0.15) is 19.4 Å². The van der Waals surface area contributed by atoms with Crippen molar-refractivity contribution in [3.8, 4) is 5.75 Å². The highest BCUT2D eigenvalue weighted by atomic mass is 16.5. The van der Waals surface area contributed by atoms with Crippen molar-refractivity contribution >= 4 is 11.8 Å². The molecule has 1 fully saturated rings. The van der Waals surface area contributed by atoms with E-state index in [1.165, 1.54) is 0 Å². The molecule has 2 N–H and O–H groups in total. The van der Waals surface area contributed by atoms with Crippen molar-refractivity contribution in [1.82, 2.24) is 4.90 Å². The minimum absolute atomic E-state index is 0.00475. The van der Waals surface area contributed by atoms with E-state index in [1.807, 2.05) is 38.1 Å². The number of rotatable bonds is 5. The SMILES string of the molecule is CCc1ccccc1OCC(=O)N1C[C@@H](C)[C@H](C(N)=O)C1. The molecule has 5 heteroatoms. The van der Waals surface area contributed by atoms with E-state index in [0.29, 0.717) is 13.1 Å². The number of primary amides is 1. The van der Waals surface area contributed by atoms with Gasteiger partial charge in [0.25, 0.3) is 5.91 Å². The van der Waals surface area contributed by atoms with E-state index in [-0.39, 0.29) is 30.3 Å². The van der Waals surface area contributed by atoms with Crippen LogP contribution in [-0.4, -0.2) is 36.4 Å². The third-order valence-corrected chi connectivity index (χ3v) is 4.04. The quantitative estimate of drug-likeness (QED) is 0.886. The molecule has 114 valence electrons. The number of benzene rings is 1. The van der Waals surface area contributed by atoms with Gasteiger partial charge in [-0.3, -0.25) is 9.59 Å². The highest BCUT2D eigenvalue weighted by molar-refractivity contribution is 5.82. The largest absolute Gasteiger partial charge is 0.483 e. The van der Waals surface area contributed by atoms with Crippen LogP contribution in [0.15, 0.2) is 24.3 Å². The number of likely N-dealkylation sites (tertiary alicyclic amines) is 1. The van der Waals surface area contributed by atoms with Gasteiger partial charge in [-0.15, -0.1) is 0 Å². The summed E-state index contributed by atoms with van der Waals surface area (Å²) in [6.07, 6.45) is 0.856. The molecule has 1 aliphatic heterocycles. The average molecular weight is 290 g/mol. The summed E-state index contributed by atoms with van der Waals surface area (Å²) in [5.74, 6) is 0.157. The lowest BCUT2D eigenvalue weighted by Crippen LogP contribution is -2.34. The predicted octanol–water partition coefficient (Wildman–Crippen LogP) is 1.21. The zero-order chi connectivity index (χ0) is 15.4. The summed E-state index contributed by atoms with van der Waals surface area (Å²) in [4.78, 5) is 25.1. The second-order valence-electron chi connectivity index (χ2n) is 5.53. The van der Waals surface area contributed by atoms with E-state index in [0.717, 1.165) is 17.7 Å². The molecule has 2 atom stereocenters. The van der Waals surface area contributed by atoms with Crippen molar-refractivity contribution in [2.75, 3.05) is 19.7 Å². The molecule has 21 heavy (non-hydrogen) atoms. The Balaban J connectivity index is 1.92. The number of hydrogen-bond acceptors (Lipinski definition) is 3. The summed E-state index contributed by atoms with van der Waals surface area (Å²) in [5, 5.41) is 0. The van der Waals surface area contributed by atoms with Crippen molar-refractivity contribution in [2.45, 2.75) is 20.3 Å². The van der Waals surface area contributed by atoms with Gasteiger partial charge in [0.1, 0.15) is 5.75 Å². The monoisotopic (exact) mass is 290 g/mol. The first-order chi connectivity index (χ1) is 10.0. The van der Waals surface area contributed by atoms with Gasteiger partial charge in [0, 0.05) is 13.1 Å². The van der Waals surface area contributed by atoms with Gasteiger partial charge < -0.3 is 15.4 Å². The number of para-hydroxylation sites is 1. The first-order valence-corrected chi connectivity index (χ1v) is 7.30. The summed E-state index contributed by atoms with van der Waals surface area (Å²) in [6.45, 7) is 4.94. The molecule has 0 radical (unpaired) electrons. The molecule has 2 amide bonds. The van der Waals surface area contributed by atoms with Gasteiger partial charge in [0.05, 0.1) is 5.92 Å². The molecule has 1 aromatic rings. The summed E-state index contributed by atoms with van der Waals surface area (Å²) in [7, 11) is 0. The van der Waals surface area contributed by atoms with Crippen LogP contribution in [0, 0.1) is 11.8 Å². The Morgan fingerprint density at radius 1 is 1.33 bits per heavy atom. The fourth-order valence-electron chi connectivity index (χ4n) is 2.71. The van der Waals surface area contributed by atoms with Crippen LogP contribution >= 0.6 is 0 Å². The fraction of sp³-hybridized carbons (Fsp3) is 0.500. The number of nitrogens with zero attached hydrogens (tertiary/aromatic N) is 1. The molecule has 1 saturated heterocycles. The normalized spacial score (nSPS) is 21.3. The topological polar surface area (TPSA) is 72.6 Å². The molecule has 1 aliphatic rings.